The van der Waals surface area contributed by atoms with Gasteiger partial charge in [0.15, 0.2) is 0 Å². The molecule has 1 aliphatic heterocycles. The molecule has 0 bridgehead atoms. The summed E-state index contributed by atoms with van der Waals surface area (Å²) in [5, 5.41) is 19.7. The number of hydrogen-bond acceptors (Lipinski definition) is 3. The Morgan fingerprint density at radius 3 is 1.90 bits per heavy atom. The number of aliphatic hydroxyl groups excluding tert-OH is 1. The lowest BCUT2D eigenvalue weighted by molar-refractivity contribution is -0.0450. The van der Waals surface area contributed by atoms with Crippen molar-refractivity contribution >= 4 is 6.09 Å². The highest BCUT2D eigenvalue weighted by molar-refractivity contribution is 5.67. The summed E-state index contributed by atoms with van der Waals surface area (Å²) < 4.78 is 5.53. The van der Waals surface area contributed by atoms with E-state index in [1.807, 2.05) is 6.08 Å². The van der Waals surface area contributed by atoms with Crippen molar-refractivity contribution in [3.05, 3.63) is 12.2 Å². The lowest BCUT2D eigenvalue weighted by Gasteiger charge is -2.32. The van der Waals surface area contributed by atoms with Crippen molar-refractivity contribution in [1.82, 2.24) is 4.90 Å². The molecule has 0 spiro atoms. The number of nitrogens with zero attached hydrogens (tertiary/aromatic N) is 1. The van der Waals surface area contributed by atoms with Gasteiger partial charge in [-0.2, -0.15) is 0 Å². The van der Waals surface area contributed by atoms with Gasteiger partial charge in [-0.1, -0.05) is 103 Å². The zero-order valence-corrected chi connectivity index (χ0v) is 19.8. The van der Waals surface area contributed by atoms with Crippen molar-refractivity contribution in [3.63, 3.8) is 0 Å². The Hall–Kier alpha value is -1.07. The predicted octanol–water partition coefficient (Wildman–Crippen LogP) is 6.89. The van der Waals surface area contributed by atoms with Crippen LogP contribution < -0.4 is 0 Å². The van der Waals surface area contributed by atoms with Gasteiger partial charge >= 0.3 is 6.09 Å². The first-order valence-corrected chi connectivity index (χ1v) is 12.4. The summed E-state index contributed by atoms with van der Waals surface area (Å²) >= 11 is 0. The molecule has 176 valence electrons. The molecule has 1 heterocycles. The molecule has 1 saturated heterocycles. The van der Waals surface area contributed by atoms with Crippen molar-refractivity contribution in [2.24, 2.45) is 0 Å². The van der Waals surface area contributed by atoms with Crippen molar-refractivity contribution in [2.75, 3.05) is 6.61 Å². The summed E-state index contributed by atoms with van der Waals surface area (Å²) in [6.07, 6.45) is 21.6. The topological polar surface area (TPSA) is 70.0 Å². The molecule has 1 fully saturated rings. The lowest BCUT2D eigenvalue weighted by Crippen LogP contribution is -2.50. The molecule has 0 unspecified atom stereocenters. The van der Waals surface area contributed by atoms with E-state index in [2.05, 4.69) is 6.92 Å². The molecule has 2 atom stereocenters. The Labute approximate surface area is 184 Å². The molecule has 0 aromatic heterocycles. The van der Waals surface area contributed by atoms with Crippen LogP contribution in [0, 0.1) is 0 Å². The summed E-state index contributed by atoms with van der Waals surface area (Å²) in [6.45, 7) is 5.92. The maximum absolute atomic E-state index is 11.5. The van der Waals surface area contributed by atoms with Crippen LogP contribution in [0.15, 0.2) is 12.2 Å². The smallest absolute Gasteiger partial charge is 0.410 e. The number of ether oxygens (including phenoxy) is 1. The summed E-state index contributed by atoms with van der Waals surface area (Å²) in [5.74, 6) is 0. The Bertz CT molecular complexity index is 478. The normalized spacial score (nSPS) is 19.6. The van der Waals surface area contributed by atoms with Gasteiger partial charge in [0.25, 0.3) is 0 Å². The van der Waals surface area contributed by atoms with Crippen molar-refractivity contribution in [1.29, 1.82) is 0 Å². The molecule has 5 heteroatoms. The zero-order chi connectivity index (χ0) is 22.2. The third-order valence-corrected chi connectivity index (χ3v) is 6.18. The first-order chi connectivity index (χ1) is 14.4. The van der Waals surface area contributed by atoms with E-state index in [4.69, 9.17) is 4.74 Å². The van der Waals surface area contributed by atoms with Crippen LogP contribution in [0.2, 0.25) is 0 Å². The third-order valence-electron chi connectivity index (χ3n) is 6.18. The Morgan fingerprint density at radius 1 is 0.967 bits per heavy atom. The molecule has 1 rings (SSSR count). The van der Waals surface area contributed by atoms with E-state index >= 15 is 0 Å². The number of amides is 1. The second kappa shape index (κ2) is 15.7. The van der Waals surface area contributed by atoms with Crippen LogP contribution in [0.1, 0.15) is 117 Å². The van der Waals surface area contributed by atoms with Gasteiger partial charge < -0.3 is 14.9 Å². The van der Waals surface area contributed by atoms with E-state index in [-0.39, 0.29) is 6.61 Å². The van der Waals surface area contributed by atoms with Crippen molar-refractivity contribution in [2.45, 2.75) is 135 Å². The van der Waals surface area contributed by atoms with Crippen molar-refractivity contribution in [3.8, 4) is 0 Å². The summed E-state index contributed by atoms with van der Waals surface area (Å²) in [7, 11) is 0. The van der Waals surface area contributed by atoms with E-state index in [1.54, 1.807) is 19.9 Å². The Morgan fingerprint density at radius 2 is 1.43 bits per heavy atom. The van der Waals surface area contributed by atoms with E-state index in [9.17, 15) is 15.0 Å². The number of unbranched alkanes of at least 4 members (excludes halogenated alkanes) is 14. The quantitative estimate of drug-likeness (QED) is 0.197. The average molecular weight is 426 g/mol. The number of hydrogen-bond donors (Lipinski definition) is 2. The number of rotatable bonds is 17. The highest BCUT2D eigenvalue weighted by atomic mass is 16.5. The largest absolute Gasteiger partial charge is 0.465 e. The van der Waals surface area contributed by atoms with E-state index in [0.29, 0.717) is 0 Å². The summed E-state index contributed by atoms with van der Waals surface area (Å²) in [5.41, 5.74) is -0.889. The minimum absolute atomic E-state index is 0.226. The molecule has 0 aliphatic carbocycles. The van der Waals surface area contributed by atoms with Gasteiger partial charge in [-0.15, -0.1) is 0 Å². The molecule has 5 nitrogen and oxygen atoms in total. The third kappa shape index (κ3) is 10.8. The van der Waals surface area contributed by atoms with Crippen LogP contribution >= 0.6 is 0 Å². The van der Waals surface area contributed by atoms with Gasteiger partial charge in [0.1, 0.15) is 5.72 Å². The summed E-state index contributed by atoms with van der Waals surface area (Å²) in [4.78, 5) is 12.7. The molecular formula is C25H47NO4. The molecule has 0 aromatic rings. The van der Waals surface area contributed by atoms with Crippen LogP contribution in [0.4, 0.5) is 4.79 Å². The van der Waals surface area contributed by atoms with Crippen molar-refractivity contribution < 1.29 is 19.7 Å². The molecule has 2 N–H and O–H groups in total. The first-order valence-electron chi connectivity index (χ1n) is 12.4. The molecule has 1 amide bonds. The highest BCUT2D eigenvalue weighted by Gasteiger charge is 2.46. The number of aliphatic hydroxyl groups is 1. The molecule has 30 heavy (non-hydrogen) atoms. The van der Waals surface area contributed by atoms with E-state index in [0.717, 1.165) is 12.8 Å². The minimum atomic E-state index is -1.05. The molecule has 1 aliphatic rings. The fourth-order valence-electron chi connectivity index (χ4n) is 4.28. The van der Waals surface area contributed by atoms with Crippen LogP contribution in [0.3, 0.4) is 0 Å². The van der Waals surface area contributed by atoms with Crippen LogP contribution in [0.25, 0.3) is 0 Å². The molecule has 0 saturated carbocycles. The first kappa shape index (κ1) is 27.0. The molecule has 0 aromatic carbocycles. The van der Waals surface area contributed by atoms with Crippen LogP contribution in [-0.2, 0) is 4.74 Å². The SMILES string of the molecule is CCCCCCCCCCCCCCCC/C=C/[C@@H](O)[C@@H]1COC(C)(C)N1C(=O)O. The van der Waals surface area contributed by atoms with E-state index < -0.39 is 24.0 Å². The van der Waals surface area contributed by atoms with Gasteiger partial charge in [-0.05, 0) is 26.7 Å². The molecular weight excluding hydrogens is 378 g/mol. The van der Waals surface area contributed by atoms with Gasteiger partial charge in [0.2, 0.25) is 0 Å². The molecule has 0 radical (unpaired) electrons. The fourth-order valence-corrected chi connectivity index (χ4v) is 4.28. The van der Waals surface area contributed by atoms with E-state index in [1.165, 1.54) is 88.4 Å². The minimum Gasteiger partial charge on any atom is -0.465 e. The standard InChI is InChI=1S/C25H47NO4/c1-4-5-6-7-8-9-10-11-12-13-14-15-16-17-18-19-20-23(27)22-21-30-25(2,3)26(22)24(28)29/h19-20,22-23,27H,4-18,21H2,1-3H3,(H,28,29)/b20-19+/t22-,23+/m0/s1. The maximum Gasteiger partial charge on any atom is 0.410 e. The van der Waals surface area contributed by atoms with Gasteiger partial charge in [0.05, 0.1) is 18.8 Å². The maximum atomic E-state index is 11.5. The second-order valence-corrected chi connectivity index (χ2v) is 9.28. The van der Waals surface area contributed by atoms with Crippen LogP contribution in [0.5, 0.6) is 0 Å². The Kier molecular flexibility index (Phi) is 14.1. The van der Waals surface area contributed by atoms with Crippen LogP contribution in [-0.4, -0.2) is 45.7 Å². The zero-order valence-electron chi connectivity index (χ0n) is 19.8. The number of carboxylic acid groups (broad SMARTS) is 1. The highest BCUT2D eigenvalue weighted by Crippen LogP contribution is 2.29. The second-order valence-electron chi connectivity index (χ2n) is 9.28. The number of carbonyl (C=O) groups is 1. The van der Waals surface area contributed by atoms with Gasteiger partial charge in [0, 0.05) is 0 Å². The Balaban J connectivity index is 1.98. The van der Waals surface area contributed by atoms with Gasteiger partial charge in [-0.3, -0.25) is 4.90 Å². The lowest BCUT2D eigenvalue weighted by atomic mass is 10.0. The average Bonchev–Trinajstić information content (AvgIpc) is 3.02. The predicted molar refractivity (Wildman–Crippen MR) is 124 cm³/mol. The van der Waals surface area contributed by atoms with Gasteiger partial charge in [-0.25, -0.2) is 4.79 Å². The monoisotopic (exact) mass is 425 g/mol. The summed E-state index contributed by atoms with van der Waals surface area (Å²) in [6, 6.07) is -0.537. The number of allylic oxidation sites excluding steroid dienone is 1. The fraction of sp³-hybridized carbons (Fsp3) is 0.880.